The van der Waals surface area contributed by atoms with Crippen LogP contribution < -0.4 is 10.1 Å². The van der Waals surface area contributed by atoms with Gasteiger partial charge in [-0.2, -0.15) is 0 Å². The molecule has 0 saturated carbocycles. The summed E-state index contributed by atoms with van der Waals surface area (Å²) in [4.78, 5) is 42.0. The summed E-state index contributed by atoms with van der Waals surface area (Å²) in [6.45, 7) is 0.588. The fraction of sp³-hybridized carbons (Fsp3) is 0.208. The molecule has 0 aliphatic carbocycles. The van der Waals surface area contributed by atoms with Crippen LogP contribution in [0.4, 0.5) is 5.69 Å². The molecule has 2 aliphatic rings. The second-order valence-electron chi connectivity index (χ2n) is 7.68. The molecule has 0 spiro atoms. The Balaban J connectivity index is 1.32. The summed E-state index contributed by atoms with van der Waals surface area (Å²) >= 11 is 0. The third kappa shape index (κ3) is 3.71. The number of piperazine rings is 1. The van der Waals surface area contributed by atoms with E-state index < -0.39 is 6.04 Å². The molecule has 3 aromatic rings. The van der Waals surface area contributed by atoms with Crippen molar-refractivity contribution in [2.24, 2.45) is 0 Å². The first kappa shape index (κ1) is 19.9. The second-order valence-corrected chi connectivity index (χ2v) is 7.68. The van der Waals surface area contributed by atoms with Crippen molar-refractivity contribution in [3.63, 3.8) is 0 Å². The summed E-state index contributed by atoms with van der Waals surface area (Å²) in [5.74, 6) is 0.454. The predicted octanol–water partition coefficient (Wildman–Crippen LogP) is 2.63. The van der Waals surface area contributed by atoms with E-state index >= 15 is 0 Å². The molecule has 3 heterocycles. The van der Waals surface area contributed by atoms with E-state index in [9.17, 15) is 14.4 Å². The molecule has 1 saturated heterocycles. The minimum absolute atomic E-state index is 0.119. The Hall–Kier alpha value is -4.07. The summed E-state index contributed by atoms with van der Waals surface area (Å²) < 4.78 is 11.0. The summed E-state index contributed by atoms with van der Waals surface area (Å²) in [6, 6.07) is 17.1. The average molecular weight is 431 g/mol. The molecular formula is C24H21N3O5. The van der Waals surface area contributed by atoms with Gasteiger partial charge in [-0.25, -0.2) is 0 Å². The maximum Gasteiger partial charge on any atom is 0.260 e. The number of hydrogen-bond donors (Lipinski definition) is 1. The molecule has 8 nitrogen and oxygen atoms in total. The Morgan fingerprint density at radius 2 is 1.91 bits per heavy atom. The second kappa shape index (κ2) is 8.22. The van der Waals surface area contributed by atoms with E-state index in [0.29, 0.717) is 29.3 Å². The lowest BCUT2D eigenvalue weighted by molar-refractivity contribution is -0.137. The number of rotatable bonds is 4. The van der Waals surface area contributed by atoms with Gasteiger partial charge in [-0.05, 0) is 42.5 Å². The van der Waals surface area contributed by atoms with Gasteiger partial charge in [-0.3, -0.25) is 14.4 Å². The number of fused-ring (bicyclic) bond motifs is 2. The van der Waals surface area contributed by atoms with Gasteiger partial charge in [0.1, 0.15) is 17.6 Å². The van der Waals surface area contributed by atoms with Crippen LogP contribution in [0.5, 0.6) is 5.75 Å². The summed E-state index contributed by atoms with van der Waals surface area (Å²) in [5.41, 5.74) is 1.61. The van der Waals surface area contributed by atoms with Crippen molar-refractivity contribution in [3.8, 4) is 17.1 Å². The van der Waals surface area contributed by atoms with Crippen LogP contribution in [0.15, 0.2) is 71.3 Å². The van der Waals surface area contributed by atoms with Crippen LogP contribution in [0.25, 0.3) is 11.3 Å². The monoisotopic (exact) mass is 431 g/mol. The molecule has 3 amide bonds. The number of amides is 3. The van der Waals surface area contributed by atoms with E-state index in [1.165, 1.54) is 4.90 Å². The van der Waals surface area contributed by atoms with Crippen LogP contribution in [0.2, 0.25) is 0 Å². The number of ether oxygens (including phenoxy) is 1. The highest BCUT2D eigenvalue weighted by molar-refractivity contribution is 6.10. The van der Waals surface area contributed by atoms with Gasteiger partial charge in [0, 0.05) is 18.7 Å². The molecule has 1 unspecified atom stereocenters. The van der Waals surface area contributed by atoms with E-state index in [1.807, 2.05) is 24.3 Å². The highest BCUT2D eigenvalue weighted by Gasteiger charge is 2.40. The van der Waals surface area contributed by atoms with Gasteiger partial charge in [0.05, 0.1) is 24.1 Å². The van der Waals surface area contributed by atoms with Crippen molar-refractivity contribution < 1.29 is 23.5 Å². The number of carbonyl (C=O) groups is 3. The Kier molecular flexibility index (Phi) is 5.10. The quantitative estimate of drug-likeness (QED) is 0.686. The first-order valence-electron chi connectivity index (χ1n) is 10.4. The molecule has 8 heteroatoms. The van der Waals surface area contributed by atoms with E-state index in [4.69, 9.17) is 9.15 Å². The Morgan fingerprint density at radius 3 is 2.69 bits per heavy atom. The standard InChI is InChI=1S/C24H21N3O5/c28-22(15-32-17-5-2-1-3-6-17)26-10-11-27-20(14-26)23(29)25-19-9-8-16(13-18(19)24(27)30)21-7-4-12-31-21/h1-9,12-13,20H,10-11,14-15H2,(H,25,29). The molecule has 0 radical (unpaired) electrons. The largest absolute Gasteiger partial charge is 0.484 e. The predicted molar refractivity (Wildman–Crippen MR) is 116 cm³/mol. The zero-order valence-electron chi connectivity index (χ0n) is 17.2. The number of benzene rings is 2. The minimum Gasteiger partial charge on any atom is -0.484 e. The van der Waals surface area contributed by atoms with Crippen molar-refractivity contribution in [2.45, 2.75) is 6.04 Å². The molecule has 1 atom stereocenters. The van der Waals surface area contributed by atoms with Crippen LogP contribution in [0, 0.1) is 0 Å². The molecule has 1 aromatic heterocycles. The maximum atomic E-state index is 13.3. The molecular weight excluding hydrogens is 410 g/mol. The summed E-state index contributed by atoms with van der Waals surface area (Å²) in [7, 11) is 0. The van der Waals surface area contributed by atoms with Crippen molar-refractivity contribution in [3.05, 3.63) is 72.5 Å². The topological polar surface area (TPSA) is 92.1 Å². The van der Waals surface area contributed by atoms with Crippen molar-refractivity contribution in [1.29, 1.82) is 0 Å². The van der Waals surface area contributed by atoms with E-state index in [-0.39, 0.29) is 37.4 Å². The number of anilines is 1. The van der Waals surface area contributed by atoms with Gasteiger partial charge in [0.25, 0.3) is 11.8 Å². The van der Waals surface area contributed by atoms with Crippen molar-refractivity contribution in [2.75, 3.05) is 31.6 Å². The normalized spacial score (nSPS) is 17.8. The molecule has 2 aliphatic heterocycles. The number of carbonyl (C=O) groups excluding carboxylic acids is 3. The van der Waals surface area contributed by atoms with Gasteiger partial charge < -0.3 is 24.3 Å². The minimum atomic E-state index is -0.767. The number of furan rings is 1. The molecule has 32 heavy (non-hydrogen) atoms. The highest BCUT2D eigenvalue weighted by atomic mass is 16.5. The van der Waals surface area contributed by atoms with Crippen LogP contribution in [0.3, 0.4) is 0 Å². The molecule has 162 valence electrons. The Morgan fingerprint density at radius 1 is 1.06 bits per heavy atom. The fourth-order valence-corrected chi connectivity index (χ4v) is 4.03. The SMILES string of the molecule is O=C1Nc2ccc(-c3ccco3)cc2C(=O)N2CCN(C(=O)COc3ccccc3)CC12. The lowest BCUT2D eigenvalue weighted by Crippen LogP contribution is -2.60. The van der Waals surface area contributed by atoms with Crippen molar-refractivity contribution in [1.82, 2.24) is 9.80 Å². The first-order chi connectivity index (χ1) is 15.6. The van der Waals surface area contributed by atoms with Gasteiger partial charge in [0.2, 0.25) is 5.91 Å². The van der Waals surface area contributed by atoms with Gasteiger partial charge in [0.15, 0.2) is 6.61 Å². The summed E-state index contributed by atoms with van der Waals surface area (Å²) in [5, 5.41) is 2.84. The van der Waals surface area contributed by atoms with Crippen LogP contribution in [0.1, 0.15) is 10.4 Å². The van der Waals surface area contributed by atoms with Gasteiger partial charge in [-0.15, -0.1) is 0 Å². The van der Waals surface area contributed by atoms with Gasteiger partial charge >= 0.3 is 0 Å². The molecule has 0 bridgehead atoms. The first-order valence-corrected chi connectivity index (χ1v) is 10.4. The third-order valence-corrected chi connectivity index (χ3v) is 5.72. The summed E-state index contributed by atoms with van der Waals surface area (Å²) in [6.07, 6.45) is 1.57. The van der Waals surface area contributed by atoms with Crippen molar-refractivity contribution >= 4 is 23.4 Å². The zero-order valence-corrected chi connectivity index (χ0v) is 17.2. The van der Waals surface area contributed by atoms with E-state index in [2.05, 4.69) is 5.32 Å². The maximum absolute atomic E-state index is 13.3. The third-order valence-electron chi connectivity index (χ3n) is 5.72. The lowest BCUT2D eigenvalue weighted by atomic mass is 10.1. The number of hydrogen-bond acceptors (Lipinski definition) is 5. The molecule has 1 fully saturated rings. The number of para-hydroxylation sites is 1. The smallest absolute Gasteiger partial charge is 0.260 e. The molecule has 5 rings (SSSR count). The van der Waals surface area contributed by atoms with E-state index in [1.54, 1.807) is 47.6 Å². The number of nitrogens with zero attached hydrogens (tertiary/aromatic N) is 2. The molecule has 1 N–H and O–H groups in total. The Labute approximate surface area is 184 Å². The zero-order chi connectivity index (χ0) is 22.1. The average Bonchev–Trinajstić information content (AvgIpc) is 3.34. The van der Waals surface area contributed by atoms with E-state index in [0.717, 1.165) is 5.56 Å². The number of nitrogens with one attached hydrogen (secondary N) is 1. The van der Waals surface area contributed by atoms with Crippen LogP contribution >= 0.6 is 0 Å². The van der Waals surface area contributed by atoms with Crippen LogP contribution in [-0.2, 0) is 9.59 Å². The lowest BCUT2D eigenvalue weighted by Gasteiger charge is -2.39. The highest BCUT2D eigenvalue weighted by Crippen LogP contribution is 2.30. The van der Waals surface area contributed by atoms with Crippen LogP contribution in [-0.4, -0.2) is 59.8 Å². The Bertz CT molecular complexity index is 1160. The van der Waals surface area contributed by atoms with Gasteiger partial charge in [-0.1, -0.05) is 18.2 Å². The fourth-order valence-electron chi connectivity index (χ4n) is 4.03. The molecule has 2 aromatic carbocycles.